The van der Waals surface area contributed by atoms with Gasteiger partial charge in [-0.05, 0) is 118 Å². The predicted molar refractivity (Wildman–Crippen MR) is 216 cm³/mol. The van der Waals surface area contributed by atoms with Gasteiger partial charge in [-0.15, -0.1) is 22.4 Å². The summed E-state index contributed by atoms with van der Waals surface area (Å²) >= 11 is -0.826. The van der Waals surface area contributed by atoms with Crippen LogP contribution in [0, 0.1) is 39.4 Å². The van der Waals surface area contributed by atoms with E-state index in [1.54, 1.807) is 4.81 Å². The van der Waals surface area contributed by atoms with Gasteiger partial charge in [-0.3, -0.25) is 0 Å². The summed E-state index contributed by atoms with van der Waals surface area (Å²) in [6.45, 7) is 11.0. The Balaban J connectivity index is 0.00000125. The Morgan fingerprint density at radius 3 is 1.83 bits per heavy atom. The van der Waals surface area contributed by atoms with Gasteiger partial charge in [0, 0.05) is 5.92 Å². The third-order valence-corrected chi connectivity index (χ3v) is 14.2. The molecule has 1 atom stereocenters. The molecule has 2 nitrogen and oxygen atoms in total. The molecule has 9 rings (SSSR count). The maximum absolute atomic E-state index is 6.53. The first kappa shape index (κ1) is 35.5. The molecule has 0 spiro atoms. The number of halogens is 2. The molecule has 1 unspecified atom stereocenters. The van der Waals surface area contributed by atoms with Crippen LogP contribution in [0.5, 0.6) is 0 Å². The molecule has 3 aliphatic rings. The Morgan fingerprint density at radius 1 is 0.673 bits per heavy atom. The van der Waals surface area contributed by atoms with E-state index in [4.69, 9.17) is 25.9 Å². The van der Waals surface area contributed by atoms with E-state index in [-0.39, 0.29) is 5.92 Å². The molecule has 2 aromatic heterocycles. The molecular weight excluding hydrogens is 775 g/mol. The first-order chi connectivity index (χ1) is 25.3. The van der Waals surface area contributed by atoms with Gasteiger partial charge in [0.05, 0.1) is 11.5 Å². The van der Waals surface area contributed by atoms with Gasteiger partial charge in [-0.2, -0.15) is 0 Å². The van der Waals surface area contributed by atoms with E-state index >= 15 is 0 Å². The van der Waals surface area contributed by atoms with Crippen molar-refractivity contribution in [3.8, 4) is 22.3 Å². The summed E-state index contributed by atoms with van der Waals surface area (Å²) in [6, 6.07) is 37.7. The molecule has 1 aliphatic heterocycles. The van der Waals surface area contributed by atoms with Crippen molar-refractivity contribution in [2.45, 2.75) is 59.0 Å². The quantitative estimate of drug-likeness (QED) is 0.128. The number of hydrogen-bond donors (Lipinski definition) is 0. The third-order valence-electron chi connectivity index (χ3n) is 11.0. The fraction of sp³-hybridized carbons (Fsp3) is 0.196. The van der Waals surface area contributed by atoms with E-state index in [2.05, 4.69) is 130 Å². The Bertz CT molecular complexity index is 2530. The summed E-state index contributed by atoms with van der Waals surface area (Å²) in [6.07, 6.45) is 7.84. The summed E-state index contributed by atoms with van der Waals surface area (Å²) < 4.78 is 13.0. The van der Waals surface area contributed by atoms with Crippen molar-refractivity contribution in [1.29, 1.82) is 0 Å². The number of allylic oxidation sites excluding steroid dienone is 3. The van der Waals surface area contributed by atoms with Crippen LogP contribution < -0.4 is 5.22 Å². The zero-order chi connectivity index (χ0) is 36.1. The van der Waals surface area contributed by atoms with E-state index in [9.17, 15) is 0 Å². The van der Waals surface area contributed by atoms with Gasteiger partial charge in [0.25, 0.3) is 0 Å². The molecule has 52 heavy (non-hydrogen) atoms. The van der Waals surface area contributed by atoms with Crippen LogP contribution in [0.1, 0.15) is 68.8 Å². The molecule has 0 radical (unpaired) electrons. The second kappa shape index (κ2) is 14.7. The first-order valence-corrected chi connectivity index (χ1v) is 26.1. The van der Waals surface area contributed by atoms with Crippen LogP contribution in [-0.4, -0.2) is 8.41 Å². The predicted octanol–water partition coefficient (Wildman–Crippen LogP) is 12.8. The number of aryl methyl sites for hydroxylation is 3. The van der Waals surface area contributed by atoms with Crippen LogP contribution in [0.3, 0.4) is 0 Å². The molecule has 1 fully saturated rings. The van der Waals surface area contributed by atoms with Crippen molar-refractivity contribution >= 4 is 54.3 Å². The van der Waals surface area contributed by atoms with Crippen LogP contribution in [0.4, 0.5) is 0 Å². The van der Waals surface area contributed by atoms with Crippen LogP contribution >= 0.6 is 17.0 Å². The summed E-state index contributed by atoms with van der Waals surface area (Å²) in [4.78, 5) is 1.57. The molecule has 4 aromatic carbocycles. The van der Waals surface area contributed by atoms with Crippen molar-refractivity contribution in [2.24, 2.45) is 0 Å². The molecule has 6 aromatic rings. The van der Waals surface area contributed by atoms with Gasteiger partial charge in [-0.1, -0.05) is 113 Å². The Hall–Kier alpha value is -3.53. The second-order valence-corrected chi connectivity index (χ2v) is 20.5. The van der Waals surface area contributed by atoms with Crippen LogP contribution in [0.15, 0.2) is 106 Å². The number of fused-ring (bicyclic) bond motifs is 2. The molecular formula is C46H39Cl2O2SiZr-. The molecule has 1 saturated heterocycles. The number of rotatable bonds is 5. The monoisotopic (exact) mass is 811 g/mol. The van der Waals surface area contributed by atoms with E-state index in [0.717, 1.165) is 28.6 Å². The van der Waals surface area contributed by atoms with Gasteiger partial charge >= 0.3 is 37.9 Å². The molecule has 0 saturated carbocycles. The van der Waals surface area contributed by atoms with Gasteiger partial charge in [-0.25, -0.2) is 0 Å². The normalized spacial score (nSPS) is 15.7. The molecule has 258 valence electrons. The topological polar surface area (TPSA) is 26.3 Å². The van der Waals surface area contributed by atoms with Gasteiger partial charge < -0.3 is 8.83 Å². The van der Waals surface area contributed by atoms with Gasteiger partial charge in [0.15, 0.2) is 0 Å². The van der Waals surface area contributed by atoms with Crippen LogP contribution in [-0.2, 0) is 20.8 Å². The molecule has 0 amide bonds. The van der Waals surface area contributed by atoms with Crippen LogP contribution in [0.2, 0.25) is 12.1 Å². The van der Waals surface area contributed by atoms with E-state index in [1.807, 2.05) is 13.8 Å². The Labute approximate surface area is 326 Å². The average molecular weight is 814 g/mol. The fourth-order valence-electron chi connectivity index (χ4n) is 8.44. The Morgan fingerprint density at radius 2 is 1.27 bits per heavy atom. The number of benzene rings is 4. The maximum atomic E-state index is 6.53. The third kappa shape index (κ3) is 6.10. The fourth-order valence-corrected chi connectivity index (χ4v) is 10.9. The van der Waals surface area contributed by atoms with Gasteiger partial charge in [0.2, 0.25) is 0 Å². The van der Waals surface area contributed by atoms with Crippen molar-refractivity contribution < 1.29 is 29.7 Å². The van der Waals surface area contributed by atoms with Crippen molar-refractivity contribution in [2.75, 3.05) is 0 Å². The van der Waals surface area contributed by atoms with Gasteiger partial charge in [0.1, 0.15) is 11.5 Å². The van der Waals surface area contributed by atoms with Crippen molar-refractivity contribution in [1.82, 2.24) is 0 Å². The zero-order valence-electron chi connectivity index (χ0n) is 30.1. The number of hydrogen-bond acceptors (Lipinski definition) is 2. The summed E-state index contributed by atoms with van der Waals surface area (Å²) in [5.74, 6) is 3.55. The minimum atomic E-state index is -0.826. The van der Waals surface area contributed by atoms with E-state index in [1.165, 1.54) is 90.5 Å². The average Bonchev–Trinajstić information content (AvgIpc) is 3.92. The molecule has 6 heteroatoms. The van der Waals surface area contributed by atoms with E-state index < -0.39 is 29.3 Å². The van der Waals surface area contributed by atoms with Crippen molar-refractivity contribution in [3.05, 3.63) is 164 Å². The second-order valence-electron chi connectivity index (χ2n) is 14.0. The molecule has 0 N–H and O–H groups in total. The summed E-state index contributed by atoms with van der Waals surface area (Å²) in [5.41, 5.74) is 16.6. The molecule has 2 aliphatic carbocycles. The number of furan rings is 2. The van der Waals surface area contributed by atoms with Crippen LogP contribution in [0.25, 0.3) is 51.1 Å². The van der Waals surface area contributed by atoms with E-state index in [0.29, 0.717) is 0 Å². The first-order valence-electron chi connectivity index (χ1n) is 17.9. The molecule has 0 bridgehead atoms. The van der Waals surface area contributed by atoms with Crippen molar-refractivity contribution in [3.63, 3.8) is 0 Å². The minimum absolute atomic E-state index is 0.0752. The standard InChI is InChI=1S/C46H39O2Si.2ClH.Zr/c1-27-17-20-34-35(41(27)32-13-8-6-9-14-32)25-36(39-21-18-28(2)47-39)43(34)44-37(40-22-19-29(3)48-40)26-38-45(44)42(33-15-10-7-11-16-33)30(4)31(5)46(38)49-23-12-24-49;;;/h6-11,13-22,25,43H,12,23-24H2,1-5H3;2*1H;/q-1;;;+2/p-2. The Kier molecular flexibility index (Phi) is 10.0. The summed E-state index contributed by atoms with van der Waals surface area (Å²) in [7, 11) is 9.20. The molecule has 3 heterocycles. The zero-order valence-corrected chi connectivity index (χ0v) is 35.1. The SMILES string of the molecule is Cc1ccc(C2=Cc3c(ccc(C)c3-c3ccccc3)C2C2=C(c3ccc(C)o3)[C-]=c3c2c(-c2ccccc2)c(C)c(C)c3=[Si]2CCC2)o1.[Cl][Zr][Cl]. The summed E-state index contributed by atoms with van der Waals surface area (Å²) in [5, 5.41) is 1.30.